The summed E-state index contributed by atoms with van der Waals surface area (Å²) in [5.74, 6) is -1.10. The third-order valence-corrected chi connectivity index (χ3v) is 7.64. The van der Waals surface area contributed by atoms with Crippen molar-refractivity contribution in [3.05, 3.63) is 59.8 Å². The number of ether oxygens (including phenoxy) is 2. The molecule has 0 aliphatic rings. The largest absolute Gasteiger partial charge is 0.488 e. The van der Waals surface area contributed by atoms with Crippen LogP contribution in [-0.2, 0) is 17.8 Å². The quantitative estimate of drug-likeness (QED) is 0.181. The van der Waals surface area contributed by atoms with Crippen LogP contribution in [0.5, 0.6) is 11.5 Å². The van der Waals surface area contributed by atoms with Gasteiger partial charge in [-0.25, -0.2) is 0 Å². The summed E-state index contributed by atoms with van der Waals surface area (Å²) in [4.78, 5) is 24.0. The summed E-state index contributed by atoms with van der Waals surface area (Å²) in [7, 11) is 0. The van der Waals surface area contributed by atoms with Crippen LogP contribution in [0.4, 0.5) is 13.2 Å². The molecule has 0 radical (unpaired) electrons. The zero-order valence-corrected chi connectivity index (χ0v) is 24.5. The minimum atomic E-state index is -4.44. The number of nitrogens with two attached hydrogens (primary N) is 1. The lowest BCUT2D eigenvalue weighted by Gasteiger charge is -2.27. The average Bonchev–Trinajstić information content (AvgIpc) is 3.31. The number of alkyl halides is 3. The number of carbonyl (C=O) groups excluding carboxylic acids is 1. The van der Waals surface area contributed by atoms with E-state index in [2.05, 4.69) is 5.32 Å². The third kappa shape index (κ3) is 8.88. The SMILES string of the molecule is CC(Cc1cc(C(N)=O)c2c(ccn2CCC[C@@H](C)C(C)(C)C(=O)O)c1)NCCOc1ccccc1OCC(F)(F)F. The van der Waals surface area contributed by atoms with Gasteiger partial charge in [0.05, 0.1) is 16.5 Å². The number of primary amides is 1. The molecule has 0 saturated heterocycles. The van der Waals surface area contributed by atoms with Crippen LogP contribution in [0.1, 0.15) is 56.5 Å². The lowest BCUT2D eigenvalue weighted by atomic mass is 9.77. The molecule has 3 aromatic rings. The van der Waals surface area contributed by atoms with Crippen molar-refractivity contribution < 1.29 is 37.3 Å². The highest BCUT2D eigenvalue weighted by atomic mass is 19.4. The van der Waals surface area contributed by atoms with Crippen molar-refractivity contribution >= 4 is 22.8 Å². The molecule has 8 nitrogen and oxygen atoms in total. The molecule has 11 heteroatoms. The maximum Gasteiger partial charge on any atom is 0.422 e. The van der Waals surface area contributed by atoms with Gasteiger partial charge in [-0.3, -0.25) is 9.59 Å². The number of carboxylic acids is 1. The molecule has 0 aliphatic heterocycles. The Kier molecular flexibility index (Phi) is 10.9. The van der Waals surface area contributed by atoms with Crippen molar-refractivity contribution in [3.63, 3.8) is 0 Å². The molecule has 1 aromatic heterocycles. The predicted octanol–water partition coefficient (Wildman–Crippen LogP) is 5.81. The molecule has 0 bridgehead atoms. The van der Waals surface area contributed by atoms with Gasteiger partial charge in [-0.1, -0.05) is 19.1 Å². The predicted molar refractivity (Wildman–Crippen MR) is 155 cm³/mol. The highest BCUT2D eigenvalue weighted by Gasteiger charge is 2.33. The number of amides is 1. The van der Waals surface area contributed by atoms with Crippen LogP contribution in [0.25, 0.3) is 10.9 Å². The minimum Gasteiger partial charge on any atom is -0.488 e. The molecule has 230 valence electrons. The standard InChI is InChI=1S/C31H40F3N3O5/c1-20(30(3,4)29(39)40)8-7-13-37-14-11-23-17-22(18-24(27(23)37)28(35)38)16-21(2)36-12-15-41-25-9-5-6-10-26(25)42-19-31(32,33)34/h5-6,9-11,14,17-18,20-21,36H,7-8,12-13,15-16,19H2,1-4H3,(H2,35,38)(H,39,40)/t20-,21?/m1/s1. The second kappa shape index (κ2) is 14.0. The first-order valence-corrected chi connectivity index (χ1v) is 14.0. The fourth-order valence-electron chi connectivity index (χ4n) is 4.78. The summed E-state index contributed by atoms with van der Waals surface area (Å²) in [6.45, 7) is 7.28. The fourth-order valence-corrected chi connectivity index (χ4v) is 4.78. The molecule has 2 atom stereocenters. The number of halogens is 3. The highest BCUT2D eigenvalue weighted by Crippen LogP contribution is 2.31. The number of carbonyl (C=O) groups is 2. The Morgan fingerprint density at radius 3 is 2.36 bits per heavy atom. The van der Waals surface area contributed by atoms with Crippen LogP contribution in [0, 0.1) is 11.3 Å². The van der Waals surface area contributed by atoms with E-state index in [1.807, 2.05) is 36.7 Å². The molecule has 1 unspecified atom stereocenters. The Morgan fingerprint density at radius 1 is 1.07 bits per heavy atom. The van der Waals surface area contributed by atoms with Crippen molar-refractivity contribution in [1.29, 1.82) is 0 Å². The first kappa shape index (κ1) is 32.8. The molecule has 0 saturated carbocycles. The third-order valence-electron chi connectivity index (χ3n) is 7.64. The maximum atomic E-state index is 12.5. The number of nitrogens with zero attached hydrogens (tertiary/aromatic N) is 1. The summed E-state index contributed by atoms with van der Waals surface area (Å²) < 4.78 is 50.0. The number of carboxylic acid groups (broad SMARTS) is 1. The van der Waals surface area contributed by atoms with E-state index in [-0.39, 0.29) is 30.1 Å². The molecule has 0 fully saturated rings. The first-order chi connectivity index (χ1) is 19.7. The van der Waals surface area contributed by atoms with E-state index in [0.717, 1.165) is 29.3 Å². The zero-order chi connectivity index (χ0) is 31.1. The van der Waals surface area contributed by atoms with Gasteiger partial charge in [0.15, 0.2) is 18.1 Å². The second-order valence-electron chi connectivity index (χ2n) is 11.3. The normalized spacial score (nSPS) is 13.6. The van der Waals surface area contributed by atoms with Gasteiger partial charge in [-0.2, -0.15) is 13.2 Å². The van der Waals surface area contributed by atoms with Crippen LogP contribution in [0.3, 0.4) is 0 Å². The van der Waals surface area contributed by atoms with E-state index in [9.17, 15) is 27.9 Å². The van der Waals surface area contributed by atoms with Gasteiger partial charge in [0.1, 0.15) is 6.61 Å². The number of benzene rings is 2. The van der Waals surface area contributed by atoms with Crippen LogP contribution in [-0.4, -0.2) is 53.5 Å². The van der Waals surface area contributed by atoms with Gasteiger partial charge in [-0.05, 0) is 81.8 Å². The van der Waals surface area contributed by atoms with Crippen molar-refractivity contribution in [2.75, 3.05) is 19.8 Å². The summed E-state index contributed by atoms with van der Waals surface area (Å²) in [6, 6.07) is 12.0. The molecular weight excluding hydrogens is 551 g/mol. The van der Waals surface area contributed by atoms with Crippen LogP contribution < -0.4 is 20.5 Å². The number of aryl methyl sites for hydroxylation is 1. The van der Waals surface area contributed by atoms with Crippen molar-refractivity contribution in [1.82, 2.24) is 9.88 Å². The van der Waals surface area contributed by atoms with Crippen LogP contribution >= 0.6 is 0 Å². The molecule has 4 N–H and O–H groups in total. The zero-order valence-electron chi connectivity index (χ0n) is 24.5. The average molecular weight is 592 g/mol. The number of aromatic nitrogens is 1. The molecule has 1 amide bonds. The molecule has 1 heterocycles. The van der Waals surface area contributed by atoms with Gasteiger partial charge in [-0.15, -0.1) is 0 Å². The number of rotatable bonds is 16. The molecule has 42 heavy (non-hydrogen) atoms. The molecular formula is C31H40F3N3O5. The smallest absolute Gasteiger partial charge is 0.422 e. The lowest BCUT2D eigenvalue weighted by Crippen LogP contribution is -2.32. The number of hydrogen-bond acceptors (Lipinski definition) is 5. The van der Waals surface area contributed by atoms with E-state index < -0.39 is 30.1 Å². The van der Waals surface area contributed by atoms with Crippen LogP contribution in [0.15, 0.2) is 48.7 Å². The summed E-state index contributed by atoms with van der Waals surface area (Å²) >= 11 is 0. The minimum absolute atomic E-state index is 0.00432. The monoisotopic (exact) mass is 591 g/mol. The van der Waals surface area contributed by atoms with Crippen molar-refractivity contribution in [2.45, 2.75) is 65.7 Å². The first-order valence-electron chi connectivity index (χ1n) is 14.0. The number of fused-ring (bicyclic) bond motifs is 1. The Balaban J connectivity index is 1.58. The van der Waals surface area contributed by atoms with Gasteiger partial charge < -0.3 is 30.2 Å². The Hall–Kier alpha value is -3.73. The second-order valence-corrected chi connectivity index (χ2v) is 11.3. The molecule has 0 spiro atoms. The topological polar surface area (TPSA) is 116 Å². The van der Waals surface area contributed by atoms with Gasteiger partial charge in [0, 0.05) is 30.7 Å². The number of hydrogen-bond donors (Lipinski definition) is 3. The number of nitrogens with one attached hydrogen (secondary N) is 1. The molecule has 3 rings (SSSR count). The van der Waals surface area contributed by atoms with E-state index in [1.165, 1.54) is 6.07 Å². The van der Waals surface area contributed by atoms with Crippen molar-refractivity contribution in [3.8, 4) is 11.5 Å². The fraction of sp³-hybridized carbons (Fsp3) is 0.484. The Bertz CT molecular complexity index is 1370. The molecule has 2 aromatic carbocycles. The Labute approximate surface area is 244 Å². The number of para-hydroxylation sites is 2. The number of aliphatic carboxylic acids is 1. The Morgan fingerprint density at radius 2 is 1.74 bits per heavy atom. The van der Waals surface area contributed by atoms with Crippen LogP contribution in [0.2, 0.25) is 0 Å². The van der Waals surface area contributed by atoms with E-state index in [1.54, 1.807) is 38.1 Å². The van der Waals surface area contributed by atoms with Gasteiger partial charge >= 0.3 is 12.1 Å². The van der Waals surface area contributed by atoms with Gasteiger partial charge in [0.25, 0.3) is 5.91 Å². The maximum absolute atomic E-state index is 12.5. The van der Waals surface area contributed by atoms with E-state index >= 15 is 0 Å². The summed E-state index contributed by atoms with van der Waals surface area (Å²) in [5.41, 5.74) is 7.06. The van der Waals surface area contributed by atoms with Gasteiger partial charge in [0.2, 0.25) is 0 Å². The highest BCUT2D eigenvalue weighted by molar-refractivity contribution is 6.05. The van der Waals surface area contributed by atoms with E-state index in [4.69, 9.17) is 15.2 Å². The van der Waals surface area contributed by atoms with E-state index in [0.29, 0.717) is 25.1 Å². The summed E-state index contributed by atoms with van der Waals surface area (Å²) in [6.07, 6.45) is -0.438. The molecule has 0 aliphatic carbocycles. The van der Waals surface area contributed by atoms with Crippen molar-refractivity contribution in [2.24, 2.45) is 17.1 Å². The summed E-state index contributed by atoms with van der Waals surface area (Å²) in [5, 5.41) is 13.7. The lowest BCUT2D eigenvalue weighted by molar-refractivity contribution is -0.153.